The minimum Gasteiger partial charge on any atom is -0.465 e. The molecule has 186 valence electrons. The van der Waals surface area contributed by atoms with E-state index in [1.165, 1.54) is 23.5 Å². The Balaban J connectivity index is 1.78. The monoisotopic (exact) mass is 506 g/mol. The quantitative estimate of drug-likeness (QED) is 0.357. The summed E-state index contributed by atoms with van der Waals surface area (Å²) in [7, 11) is 0. The van der Waals surface area contributed by atoms with Gasteiger partial charge in [0.25, 0.3) is 0 Å². The Bertz CT molecular complexity index is 1360. The van der Waals surface area contributed by atoms with Crippen LogP contribution in [0.25, 0.3) is 21.8 Å². The topological polar surface area (TPSA) is 77.8 Å². The Morgan fingerprint density at radius 1 is 1.00 bits per heavy atom. The molecule has 2 heterocycles. The van der Waals surface area contributed by atoms with E-state index in [9.17, 15) is 14.0 Å². The average Bonchev–Trinajstić information content (AvgIpc) is 3.34. The molecule has 0 spiro atoms. The summed E-state index contributed by atoms with van der Waals surface area (Å²) in [5.74, 6) is -2.65. The molecule has 1 aromatic heterocycles. The van der Waals surface area contributed by atoms with Gasteiger partial charge in [0.2, 0.25) is 0 Å². The van der Waals surface area contributed by atoms with Gasteiger partial charge in [0.05, 0.1) is 24.5 Å². The minimum absolute atomic E-state index is 0.205. The van der Waals surface area contributed by atoms with Crippen molar-refractivity contribution in [2.45, 2.75) is 33.6 Å². The lowest BCUT2D eigenvalue weighted by Crippen LogP contribution is -2.36. The first kappa shape index (κ1) is 25.4. The maximum Gasteiger partial charge on any atom is 0.336 e. The zero-order valence-corrected chi connectivity index (χ0v) is 21.4. The summed E-state index contributed by atoms with van der Waals surface area (Å²) in [6, 6.07) is 13.9. The van der Waals surface area contributed by atoms with Gasteiger partial charge >= 0.3 is 11.9 Å². The number of hydrogen-bond acceptors (Lipinski definition) is 7. The molecule has 0 amide bonds. The highest BCUT2D eigenvalue weighted by Gasteiger charge is 2.42. The molecule has 0 radical (unpaired) electrons. The van der Waals surface area contributed by atoms with E-state index in [0.717, 1.165) is 16.1 Å². The fourth-order valence-electron chi connectivity index (χ4n) is 4.46. The van der Waals surface area contributed by atoms with Crippen molar-refractivity contribution in [1.29, 1.82) is 0 Å². The second-order valence-corrected chi connectivity index (χ2v) is 9.21. The molecule has 2 atom stereocenters. The van der Waals surface area contributed by atoms with E-state index < -0.39 is 23.8 Å². The van der Waals surface area contributed by atoms with Crippen molar-refractivity contribution >= 4 is 29.0 Å². The van der Waals surface area contributed by atoms with E-state index in [1.807, 2.05) is 35.7 Å². The molecular weight excluding hydrogens is 479 g/mol. The lowest BCUT2D eigenvalue weighted by molar-refractivity contribution is -0.146. The molecule has 0 saturated carbocycles. The van der Waals surface area contributed by atoms with Crippen molar-refractivity contribution < 1.29 is 23.5 Å². The Hall–Kier alpha value is -3.65. The largest absolute Gasteiger partial charge is 0.465 e. The van der Waals surface area contributed by atoms with Crippen LogP contribution in [-0.2, 0) is 19.1 Å². The predicted octanol–water partition coefficient (Wildman–Crippen LogP) is 6.19. The summed E-state index contributed by atoms with van der Waals surface area (Å²) < 4.78 is 24.4. The molecule has 0 bridgehead atoms. The number of aromatic nitrogens is 1. The molecular formula is C28H27FN2O4S. The fraction of sp³-hybridized carbons (Fsp3) is 0.286. The molecule has 0 saturated heterocycles. The van der Waals surface area contributed by atoms with Gasteiger partial charge in [0.1, 0.15) is 16.7 Å². The van der Waals surface area contributed by atoms with Crippen LogP contribution in [0, 0.1) is 11.7 Å². The molecule has 1 aliphatic heterocycles. The lowest BCUT2D eigenvalue weighted by Gasteiger charge is -2.31. The van der Waals surface area contributed by atoms with E-state index in [0.29, 0.717) is 28.2 Å². The van der Waals surface area contributed by atoms with Gasteiger partial charge in [0.15, 0.2) is 0 Å². The third-order valence-corrected chi connectivity index (χ3v) is 6.87. The Kier molecular flexibility index (Phi) is 7.74. The number of hydrogen-bond donors (Lipinski definition) is 0. The Morgan fingerprint density at radius 2 is 1.72 bits per heavy atom. The van der Waals surface area contributed by atoms with Crippen LogP contribution >= 0.6 is 11.3 Å². The minimum atomic E-state index is -0.762. The molecule has 3 aromatic rings. The molecule has 0 N–H and O–H groups in total. The van der Waals surface area contributed by atoms with Crippen molar-refractivity contribution in [3.8, 4) is 21.8 Å². The van der Waals surface area contributed by atoms with Gasteiger partial charge in [-0.15, -0.1) is 11.3 Å². The molecule has 2 unspecified atom stereocenters. The standard InChI is InChI=1S/C28H27FN2O4S/c1-5-34-27(32)23-16(3)30-17(4)24(28(33)35-6-2)25(23)19-10-7-11-20(13-19)26-31-22(15-36-26)18-9-8-12-21(29)14-18/h7-15,23,25H,5-6H2,1-4H3. The average molecular weight is 507 g/mol. The van der Waals surface area contributed by atoms with Gasteiger partial charge in [-0.3, -0.25) is 9.79 Å². The highest BCUT2D eigenvalue weighted by Crippen LogP contribution is 2.41. The SMILES string of the molecule is CCOC(=O)C1=C(C)N=C(C)C(C(=O)OCC)C1c1cccc(-c2nc(-c3cccc(F)c3)cs2)c1. The van der Waals surface area contributed by atoms with Gasteiger partial charge < -0.3 is 9.47 Å². The number of rotatable bonds is 7. The highest BCUT2D eigenvalue weighted by atomic mass is 32.1. The summed E-state index contributed by atoms with van der Waals surface area (Å²) in [6.07, 6.45) is 0. The Morgan fingerprint density at radius 3 is 2.44 bits per heavy atom. The number of ether oxygens (including phenoxy) is 2. The zero-order valence-electron chi connectivity index (χ0n) is 20.6. The molecule has 8 heteroatoms. The number of halogens is 1. The van der Waals surface area contributed by atoms with Crippen LogP contribution in [0.5, 0.6) is 0 Å². The fourth-order valence-corrected chi connectivity index (χ4v) is 5.29. The first-order chi connectivity index (χ1) is 17.3. The second-order valence-electron chi connectivity index (χ2n) is 8.35. The number of benzene rings is 2. The van der Waals surface area contributed by atoms with Crippen LogP contribution in [-0.4, -0.2) is 35.8 Å². The van der Waals surface area contributed by atoms with Crippen LogP contribution in [0.1, 0.15) is 39.2 Å². The number of allylic oxidation sites excluding steroid dienone is 1. The number of carbonyl (C=O) groups is 2. The maximum atomic E-state index is 13.7. The number of carbonyl (C=O) groups excluding carboxylic acids is 2. The van der Waals surface area contributed by atoms with Crippen LogP contribution in [0.15, 0.2) is 70.2 Å². The summed E-state index contributed by atoms with van der Waals surface area (Å²) in [6.45, 7) is 7.43. The lowest BCUT2D eigenvalue weighted by atomic mass is 9.75. The van der Waals surface area contributed by atoms with Crippen LogP contribution in [0.2, 0.25) is 0 Å². The second kappa shape index (κ2) is 11.0. The number of nitrogens with zero attached hydrogens (tertiary/aromatic N) is 2. The van der Waals surface area contributed by atoms with Crippen molar-refractivity contribution in [2.75, 3.05) is 13.2 Å². The molecule has 2 aromatic carbocycles. The van der Waals surface area contributed by atoms with E-state index in [1.54, 1.807) is 33.8 Å². The van der Waals surface area contributed by atoms with Crippen molar-refractivity contribution in [1.82, 2.24) is 4.98 Å². The van der Waals surface area contributed by atoms with E-state index in [4.69, 9.17) is 14.5 Å². The predicted molar refractivity (Wildman–Crippen MR) is 138 cm³/mol. The van der Waals surface area contributed by atoms with Gasteiger partial charge in [-0.2, -0.15) is 0 Å². The Labute approximate surface area is 213 Å². The third kappa shape index (κ3) is 5.14. The highest BCUT2D eigenvalue weighted by molar-refractivity contribution is 7.13. The summed E-state index contributed by atoms with van der Waals surface area (Å²) >= 11 is 1.44. The normalized spacial score (nSPS) is 17.5. The van der Waals surface area contributed by atoms with Crippen molar-refractivity contribution in [3.63, 3.8) is 0 Å². The molecule has 4 rings (SSSR count). The molecule has 0 aliphatic carbocycles. The molecule has 36 heavy (non-hydrogen) atoms. The van der Waals surface area contributed by atoms with Gasteiger partial charge in [0, 0.05) is 33.8 Å². The summed E-state index contributed by atoms with van der Waals surface area (Å²) in [5, 5.41) is 2.62. The maximum absolute atomic E-state index is 13.7. The third-order valence-electron chi connectivity index (χ3n) is 5.98. The van der Waals surface area contributed by atoms with Gasteiger partial charge in [-0.05, 0) is 51.5 Å². The van der Waals surface area contributed by atoms with Crippen LogP contribution in [0.4, 0.5) is 4.39 Å². The van der Waals surface area contributed by atoms with Gasteiger partial charge in [-0.1, -0.05) is 30.3 Å². The molecule has 0 fully saturated rings. The number of aliphatic imine (C=N–C) groups is 1. The first-order valence-corrected chi connectivity index (χ1v) is 12.6. The number of esters is 2. The van der Waals surface area contributed by atoms with E-state index >= 15 is 0 Å². The summed E-state index contributed by atoms with van der Waals surface area (Å²) in [5.41, 5.74) is 4.39. The number of thiazole rings is 1. The molecule has 1 aliphatic rings. The van der Waals surface area contributed by atoms with Crippen molar-refractivity contribution in [3.05, 3.63) is 76.6 Å². The van der Waals surface area contributed by atoms with Crippen molar-refractivity contribution in [2.24, 2.45) is 10.9 Å². The van der Waals surface area contributed by atoms with Crippen LogP contribution in [0.3, 0.4) is 0 Å². The first-order valence-electron chi connectivity index (χ1n) is 11.8. The molecule has 6 nitrogen and oxygen atoms in total. The van der Waals surface area contributed by atoms with E-state index in [-0.39, 0.29) is 19.0 Å². The zero-order chi connectivity index (χ0) is 25.8. The van der Waals surface area contributed by atoms with Gasteiger partial charge in [-0.25, -0.2) is 14.2 Å². The summed E-state index contributed by atoms with van der Waals surface area (Å²) in [4.78, 5) is 35.3. The smallest absolute Gasteiger partial charge is 0.336 e. The van der Waals surface area contributed by atoms with Crippen LogP contribution < -0.4 is 0 Å². The van der Waals surface area contributed by atoms with E-state index in [2.05, 4.69) is 4.99 Å².